The van der Waals surface area contributed by atoms with Crippen LogP contribution in [-0.4, -0.2) is 35.4 Å². The van der Waals surface area contributed by atoms with Gasteiger partial charge in [-0.15, -0.1) is 0 Å². The minimum Gasteiger partial charge on any atom is -0.368 e. The van der Waals surface area contributed by atoms with E-state index >= 15 is 0 Å². The largest absolute Gasteiger partial charge is 0.577 e. The Morgan fingerprint density at radius 3 is 2.00 bits per heavy atom. The van der Waals surface area contributed by atoms with Gasteiger partial charge in [-0.05, 0) is 27.2 Å². The molecule has 110 valence electrons. The Hall–Kier alpha value is 0.147. The molecule has 0 aliphatic carbocycles. The average Bonchev–Trinajstić information content (AvgIpc) is 2.25. The lowest BCUT2D eigenvalue weighted by molar-refractivity contribution is 0.120. The van der Waals surface area contributed by atoms with E-state index in [-0.39, 0.29) is 38.9 Å². The van der Waals surface area contributed by atoms with Gasteiger partial charge in [-0.3, -0.25) is 13.6 Å². The summed E-state index contributed by atoms with van der Waals surface area (Å²) in [7, 11) is -8.17. The Kier molecular flexibility index (Phi) is 9.19. The average molecular weight is 306 g/mol. The van der Waals surface area contributed by atoms with Crippen molar-refractivity contribution < 1.29 is 30.8 Å². The van der Waals surface area contributed by atoms with E-state index in [0.717, 1.165) is 0 Å². The van der Waals surface area contributed by atoms with Gasteiger partial charge in [0.15, 0.2) is 0 Å². The summed E-state index contributed by atoms with van der Waals surface area (Å²) in [5.74, 6) is 0. The quantitative estimate of drug-likeness (QED) is 0.253. The predicted molar refractivity (Wildman–Crippen MR) is 65.8 cm³/mol. The van der Waals surface area contributed by atoms with Crippen molar-refractivity contribution in [3.05, 3.63) is 0 Å². The first-order chi connectivity index (χ1) is 8.39. The molecule has 0 saturated heterocycles. The van der Waals surface area contributed by atoms with E-state index in [0.29, 0.717) is 0 Å². The Bertz CT molecular complexity index is 257. The van der Waals surface area contributed by atoms with Crippen LogP contribution in [0.2, 0.25) is 6.04 Å². The third kappa shape index (κ3) is 8.28. The Labute approximate surface area is 108 Å². The standard InChI is InChI=1S/C9H21F2O5PSi/c1-4-13-17(12,14-5-2)15-8-7-9-18(10,11)16-6-3/h4-9H2,1-3H3. The monoisotopic (exact) mass is 306 g/mol. The molecule has 0 aromatic heterocycles. The highest BCUT2D eigenvalue weighted by atomic mass is 31.2. The Morgan fingerprint density at radius 2 is 1.56 bits per heavy atom. The van der Waals surface area contributed by atoms with Crippen molar-refractivity contribution in [2.45, 2.75) is 33.2 Å². The molecule has 0 saturated carbocycles. The van der Waals surface area contributed by atoms with Gasteiger partial charge in [-0.25, -0.2) is 12.8 Å². The minimum atomic E-state index is -4.59. The second kappa shape index (κ2) is 9.11. The van der Waals surface area contributed by atoms with Crippen molar-refractivity contribution in [1.29, 1.82) is 0 Å². The lowest BCUT2D eigenvalue weighted by Crippen LogP contribution is -2.27. The Balaban J connectivity index is 3.97. The predicted octanol–water partition coefficient (Wildman–Crippen LogP) is 3.49. The maximum Gasteiger partial charge on any atom is 0.577 e. The SMILES string of the molecule is CCO[Si](F)(F)CCCOP(=O)(OCC)OCC. The first-order valence-electron chi connectivity index (χ1n) is 5.94. The number of hydrogen-bond acceptors (Lipinski definition) is 5. The van der Waals surface area contributed by atoms with Gasteiger partial charge >= 0.3 is 16.8 Å². The number of rotatable bonds is 11. The molecule has 0 rings (SSSR count). The number of phosphoric acid groups is 1. The van der Waals surface area contributed by atoms with Gasteiger partial charge in [0, 0.05) is 12.7 Å². The van der Waals surface area contributed by atoms with Gasteiger partial charge in [-0.1, -0.05) is 0 Å². The van der Waals surface area contributed by atoms with Crippen LogP contribution in [0, 0.1) is 0 Å². The molecule has 18 heavy (non-hydrogen) atoms. The maximum atomic E-state index is 13.1. The molecule has 0 aliphatic heterocycles. The fraction of sp³-hybridized carbons (Fsp3) is 1.00. The molecule has 0 amide bonds. The molecule has 0 fully saturated rings. The summed E-state index contributed by atoms with van der Waals surface area (Å²) in [6.07, 6.45) is 0.0589. The number of halogens is 2. The summed E-state index contributed by atoms with van der Waals surface area (Å²) < 4.78 is 56.9. The van der Waals surface area contributed by atoms with E-state index < -0.39 is 16.8 Å². The number of hydrogen-bond donors (Lipinski definition) is 0. The summed E-state index contributed by atoms with van der Waals surface area (Å²) in [5, 5.41) is 0. The van der Waals surface area contributed by atoms with Gasteiger partial charge in [0.2, 0.25) is 0 Å². The lowest BCUT2D eigenvalue weighted by atomic mass is 10.5. The molecule has 0 aliphatic rings. The summed E-state index contributed by atoms with van der Waals surface area (Å²) in [4.78, 5) is 0. The molecular weight excluding hydrogens is 285 g/mol. The zero-order valence-corrected chi connectivity index (χ0v) is 12.9. The normalized spacial score (nSPS) is 12.9. The van der Waals surface area contributed by atoms with E-state index in [2.05, 4.69) is 4.43 Å². The molecule has 0 atom stereocenters. The topological polar surface area (TPSA) is 54.0 Å². The first kappa shape index (κ1) is 18.1. The molecule has 5 nitrogen and oxygen atoms in total. The highest BCUT2D eigenvalue weighted by molar-refractivity contribution is 7.48. The number of phosphoric ester groups is 1. The molecule has 0 unspecified atom stereocenters. The fourth-order valence-electron chi connectivity index (χ4n) is 1.17. The second-order valence-electron chi connectivity index (χ2n) is 3.29. The summed E-state index contributed by atoms with van der Waals surface area (Å²) in [5.41, 5.74) is 0. The second-order valence-corrected chi connectivity index (χ2v) is 7.02. The summed E-state index contributed by atoms with van der Waals surface area (Å²) in [6, 6.07) is -0.362. The van der Waals surface area contributed by atoms with Crippen LogP contribution in [0.25, 0.3) is 0 Å². The maximum absolute atomic E-state index is 13.1. The van der Waals surface area contributed by atoms with Crippen LogP contribution >= 0.6 is 7.82 Å². The molecule has 0 spiro atoms. The van der Waals surface area contributed by atoms with E-state index in [1.165, 1.54) is 6.92 Å². The van der Waals surface area contributed by atoms with Crippen LogP contribution in [0.1, 0.15) is 27.2 Å². The van der Waals surface area contributed by atoms with Crippen LogP contribution in [0.4, 0.5) is 8.22 Å². The van der Waals surface area contributed by atoms with Crippen molar-refractivity contribution in [2.75, 3.05) is 26.4 Å². The van der Waals surface area contributed by atoms with E-state index in [4.69, 9.17) is 13.6 Å². The molecule has 0 bridgehead atoms. The lowest BCUT2D eigenvalue weighted by Gasteiger charge is -2.17. The Morgan fingerprint density at radius 1 is 1.00 bits per heavy atom. The van der Waals surface area contributed by atoms with E-state index in [9.17, 15) is 12.8 Å². The van der Waals surface area contributed by atoms with E-state index in [1.807, 2.05) is 0 Å². The summed E-state index contributed by atoms with van der Waals surface area (Å²) in [6.45, 7) is 5.04. The van der Waals surface area contributed by atoms with Crippen molar-refractivity contribution >= 4 is 16.8 Å². The highest BCUT2D eigenvalue weighted by Crippen LogP contribution is 2.49. The molecule has 0 aromatic rings. The smallest absolute Gasteiger partial charge is 0.368 e. The first-order valence-corrected chi connectivity index (χ1v) is 9.27. The highest BCUT2D eigenvalue weighted by Gasteiger charge is 2.37. The van der Waals surface area contributed by atoms with Crippen molar-refractivity contribution in [1.82, 2.24) is 0 Å². The van der Waals surface area contributed by atoms with Crippen LogP contribution in [0.5, 0.6) is 0 Å². The molecular formula is C9H21F2O5PSi. The van der Waals surface area contributed by atoms with Gasteiger partial charge in [-0.2, -0.15) is 0 Å². The zero-order chi connectivity index (χ0) is 14.1. The van der Waals surface area contributed by atoms with Gasteiger partial charge in [0.25, 0.3) is 0 Å². The van der Waals surface area contributed by atoms with Crippen molar-refractivity contribution in [3.8, 4) is 0 Å². The van der Waals surface area contributed by atoms with E-state index in [1.54, 1.807) is 13.8 Å². The molecule has 0 radical (unpaired) electrons. The molecule has 0 heterocycles. The third-order valence-electron chi connectivity index (χ3n) is 1.79. The fourth-order valence-corrected chi connectivity index (χ4v) is 3.50. The molecule has 0 N–H and O–H groups in total. The van der Waals surface area contributed by atoms with Gasteiger partial charge < -0.3 is 4.43 Å². The van der Waals surface area contributed by atoms with Crippen LogP contribution in [0.3, 0.4) is 0 Å². The third-order valence-corrected chi connectivity index (χ3v) is 5.09. The summed E-state index contributed by atoms with van der Waals surface area (Å²) >= 11 is 0. The van der Waals surface area contributed by atoms with Crippen LogP contribution in [0.15, 0.2) is 0 Å². The van der Waals surface area contributed by atoms with Crippen molar-refractivity contribution in [2.24, 2.45) is 0 Å². The van der Waals surface area contributed by atoms with Crippen LogP contribution in [-0.2, 0) is 22.6 Å². The van der Waals surface area contributed by atoms with Gasteiger partial charge in [0.05, 0.1) is 19.8 Å². The molecule has 0 aromatic carbocycles. The van der Waals surface area contributed by atoms with Gasteiger partial charge in [0.1, 0.15) is 0 Å². The molecule has 9 heteroatoms. The zero-order valence-electron chi connectivity index (χ0n) is 11.0. The minimum absolute atomic E-state index is 0.00351. The van der Waals surface area contributed by atoms with Crippen molar-refractivity contribution in [3.63, 3.8) is 0 Å². The van der Waals surface area contributed by atoms with Crippen LogP contribution < -0.4 is 0 Å².